The second kappa shape index (κ2) is 5.06. The highest BCUT2D eigenvalue weighted by atomic mass is 32.1. The van der Waals surface area contributed by atoms with Gasteiger partial charge in [-0.25, -0.2) is 9.78 Å². The van der Waals surface area contributed by atoms with Crippen LogP contribution in [0.3, 0.4) is 0 Å². The highest BCUT2D eigenvalue weighted by Gasteiger charge is 2.18. The van der Waals surface area contributed by atoms with Crippen molar-refractivity contribution in [3.63, 3.8) is 0 Å². The monoisotopic (exact) mass is 305 g/mol. The maximum atomic E-state index is 11.5. The number of pyridine rings is 1. The Kier molecular flexibility index (Phi) is 3.22. The zero-order valence-corrected chi connectivity index (χ0v) is 12.0. The molecule has 0 amide bonds. The Bertz CT molecular complexity index is 824. The molecule has 0 aliphatic heterocycles. The molecule has 0 saturated heterocycles. The van der Waals surface area contributed by atoms with Crippen LogP contribution < -0.4 is 4.74 Å². The van der Waals surface area contributed by atoms with Crippen LogP contribution in [-0.2, 0) is 4.74 Å². The van der Waals surface area contributed by atoms with Crippen molar-refractivity contribution >= 4 is 28.5 Å². The van der Waals surface area contributed by atoms with Crippen molar-refractivity contribution in [2.45, 2.75) is 0 Å². The van der Waals surface area contributed by atoms with E-state index >= 15 is 0 Å². The van der Waals surface area contributed by atoms with Gasteiger partial charge < -0.3 is 14.6 Å². The molecule has 0 aromatic carbocycles. The number of thiophene rings is 1. The van der Waals surface area contributed by atoms with Crippen molar-refractivity contribution in [3.05, 3.63) is 29.4 Å². The van der Waals surface area contributed by atoms with Gasteiger partial charge in [0.2, 0.25) is 5.88 Å². The Hall–Kier alpha value is -2.61. The maximum Gasteiger partial charge on any atom is 0.351 e. The van der Waals surface area contributed by atoms with E-state index in [1.165, 1.54) is 20.3 Å². The molecule has 0 unspecified atom stereocenters. The number of hydrogen-bond acceptors (Lipinski definition) is 7. The lowest BCUT2D eigenvalue weighted by molar-refractivity contribution is 0.0603. The first-order valence-corrected chi connectivity index (χ1v) is 6.75. The molecule has 7 nitrogen and oxygen atoms in total. The largest absolute Gasteiger partial charge is 0.506 e. The number of carbonyl (C=O) groups excluding carboxylic acids is 1. The minimum absolute atomic E-state index is 0.120. The van der Waals surface area contributed by atoms with Gasteiger partial charge in [0, 0.05) is 12.1 Å². The van der Waals surface area contributed by atoms with Gasteiger partial charge in [0.1, 0.15) is 17.1 Å². The molecule has 1 N–H and O–H groups in total. The SMILES string of the molecule is COC(=O)c1sc(-n2cnc3nc(OC)ccc32)cc1O. The molecular weight excluding hydrogens is 294 g/mol. The summed E-state index contributed by atoms with van der Waals surface area (Å²) in [5.41, 5.74) is 1.26. The summed E-state index contributed by atoms with van der Waals surface area (Å²) in [6, 6.07) is 5.01. The summed E-state index contributed by atoms with van der Waals surface area (Å²) >= 11 is 1.11. The summed E-state index contributed by atoms with van der Waals surface area (Å²) in [6.07, 6.45) is 1.57. The van der Waals surface area contributed by atoms with E-state index in [1.807, 2.05) is 6.07 Å². The van der Waals surface area contributed by atoms with Crippen molar-refractivity contribution in [2.24, 2.45) is 0 Å². The van der Waals surface area contributed by atoms with Crippen molar-refractivity contribution < 1.29 is 19.4 Å². The fourth-order valence-electron chi connectivity index (χ4n) is 1.90. The molecule has 0 spiro atoms. The van der Waals surface area contributed by atoms with Gasteiger partial charge in [0.15, 0.2) is 10.5 Å². The van der Waals surface area contributed by atoms with E-state index in [2.05, 4.69) is 14.7 Å². The summed E-state index contributed by atoms with van der Waals surface area (Å²) < 4.78 is 11.4. The number of carbonyl (C=O) groups is 1. The zero-order chi connectivity index (χ0) is 15.0. The average Bonchev–Trinajstić information content (AvgIpc) is 3.08. The lowest BCUT2D eigenvalue weighted by Crippen LogP contribution is -1.97. The molecular formula is C13H11N3O4S. The van der Waals surface area contributed by atoms with Gasteiger partial charge in [-0.3, -0.25) is 4.57 Å². The molecule has 3 aromatic rings. The second-order valence-corrected chi connectivity index (χ2v) is 5.13. The van der Waals surface area contributed by atoms with E-state index in [-0.39, 0.29) is 10.6 Å². The minimum atomic E-state index is -0.576. The molecule has 3 heterocycles. The van der Waals surface area contributed by atoms with Crippen LogP contribution in [0.15, 0.2) is 24.5 Å². The van der Waals surface area contributed by atoms with E-state index in [4.69, 9.17) is 4.74 Å². The highest BCUT2D eigenvalue weighted by molar-refractivity contribution is 7.16. The van der Waals surface area contributed by atoms with Crippen LogP contribution in [0.25, 0.3) is 16.2 Å². The summed E-state index contributed by atoms with van der Waals surface area (Å²) in [5, 5.41) is 10.5. The molecule has 0 radical (unpaired) electrons. The number of imidazole rings is 1. The topological polar surface area (TPSA) is 86.5 Å². The second-order valence-electron chi connectivity index (χ2n) is 4.10. The van der Waals surface area contributed by atoms with E-state index < -0.39 is 5.97 Å². The summed E-state index contributed by atoms with van der Waals surface area (Å²) in [4.78, 5) is 20.1. The molecule has 0 saturated carbocycles. The smallest absolute Gasteiger partial charge is 0.351 e. The van der Waals surface area contributed by atoms with Gasteiger partial charge in [-0.15, -0.1) is 11.3 Å². The first kappa shape index (κ1) is 13.4. The first-order valence-electron chi connectivity index (χ1n) is 5.93. The first-order chi connectivity index (χ1) is 10.1. The number of aromatic hydroxyl groups is 1. The lowest BCUT2D eigenvalue weighted by atomic mass is 10.4. The maximum absolute atomic E-state index is 11.5. The van der Waals surface area contributed by atoms with E-state index in [1.54, 1.807) is 17.0 Å². The van der Waals surface area contributed by atoms with Crippen LogP contribution in [0.1, 0.15) is 9.67 Å². The number of fused-ring (bicyclic) bond motifs is 1. The number of methoxy groups -OCH3 is 2. The van der Waals surface area contributed by atoms with Crippen LogP contribution in [0.5, 0.6) is 11.6 Å². The Labute approximate surface area is 123 Å². The van der Waals surface area contributed by atoms with Crippen molar-refractivity contribution in [2.75, 3.05) is 14.2 Å². The van der Waals surface area contributed by atoms with E-state index in [0.29, 0.717) is 16.5 Å². The number of hydrogen-bond donors (Lipinski definition) is 1. The van der Waals surface area contributed by atoms with Crippen LogP contribution in [0, 0.1) is 0 Å². The third-order valence-corrected chi connectivity index (χ3v) is 4.00. The van der Waals surface area contributed by atoms with Gasteiger partial charge in [0.05, 0.1) is 19.7 Å². The van der Waals surface area contributed by atoms with Gasteiger partial charge in [-0.1, -0.05) is 0 Å². The van der Waals surface area contributed by atoms with Gasteiger partial charge in [-0.2, -0.15) is 4.98 Å². The normalized spacial score (nSPS) is 10.8. The molecule has 0 bridgehead atoms. The number of nitrogens with zero attached hydrogens (tertiary/aromatic N) is 3. The molecule has 0 atom stereocenters. The zero-order valence-electron chi connectivity index (χ0n) is 11.2. The van der Waals surface area contributed by atoms with Gasteiger partial charge >= 0.3 is 5.97 Å². The Morgan fingerprint density at radius 1 is 1.38 bits per heavy atom. The Balaban J connectivity index is 2.10. The minimum Gasteiger partial charge on any atom is -0.506 e. The van der Waals surface area contributed by atoms with Crippen LogP contribution in [0.2, 0.25) is 0 Å². The number of esters is 1. The third kappa shape index (κ3) is 2.19. The molecule has 108 valence electrons. The lowest BCUT2D eigenvalue weighted by Gasteiger charge is -2.00. The summed E-state index contributed by atoms with van der Waals surface area (Å²) in [7, 11) is 2.80. The molecule has 3 aromatic heterocycles. The standard InChI is InChI=1S/C13H11N3O4S/c1-19-9-4-3-7-12(15-9)14-6-16(7)10-5-8(17)11(21-10)13(18)20-2/h3-6,17H,1-2H3. The van der Waals surface area contributed by atoms with Crippen LogP contribution >= 0.6 is 11.3 Å². The van der Waals surface area contributed by atoms with Crippen molar-refractivity contribution in [1.29, 1.82) is 0 Å². The Morgan fingerprint density at radius 3 is 2.90 bits per heavy atom. The predicted octanol–water partition coefficient (Wildman–Crippen LogP) is 1.98. The van der Waals surface area contributed by atoms with Gasteiger partial charge in [-0.05, 0) is 6.07 Å². The molecule has 0 aliphatic carbocycles. The summed E-state index contributed by atoms with van der Waals surface area (Å²) in [6.45, 7) is 0. The molecule has 3 rings (SSSR count). The quantitative estimate of drug-likeness (QED) is 0.745. The number of ether oxygens (including phenoxy) is 2. The average molecular weight is 305 g/mol. The van der Waals surface area contributed by atoms with E-state index in [0.717, 1.165) is 16.9 Å². The van der Waals surface area contributed by atoms with Crippen LogP contribution in [-0.4, -0.2) is 39.8 Å². The van der Waals surface area contributed by atoms with Crippen LogP contribution in [0.4, 0.5) is 0 Å². The Morgan fingerprint density at radius 2 is 2.19 bits per heavy atom. The predicted molar refractivity (Wildman–Crippen MR) is 76.3 cm³/mol. The fraction of sp³-hybridized carbons (Fsp3) is 0.154. The molecule has 21 heavy (non-hydrogen) atoms. The fourth-order valence-corrected chi connectivity index (χ4v) is 2.85. The van der Waals surface area contributed by atoms with Crippen molar-refractivity contribution in [3.8, 4) is 16.6 Å². The summed E-state index contributed by atoms with van der Waals surface area (Å²) in [5.74, 6) is -0.227. The van der Waals surface area contributed by atoms with E-state index in [9.17, 15) is 9.90 Å². The molecule has 8 heteroatoms. The van der Waals surface area contributed by atoms with Gasteiger partial charge in [0.25, 0.3) is 0 Å². The molecule has 0 aliphatic rings. The number of aromatic nitrogens is 3. The highest BCUT2D eigenvalue weighted by Crippen LogP contribution is 2.33. The molecule has 0 fully saturated rings. The van der Waals surface area contributed by atoms with Crippen molar-refractivity contribution in [1.82, 2.24) is 14.5 Å². The third-order valence-electron chi connectivity index (χ3n) is 2.90. The number of rotatable bonds is 3.